The van der Waals surface area contributed by atoms with Crippen LogP contribution < -0.4 is 5.32 Å². The number of rotatable bonds is 4. The van der Waals surface area contributed by atoms with E-state index in [-0.39, 0.29) is 0 Å². The fourth-order valence-electron chi connectivity index (χ4n) is 4.14. The average Bonchev–Trinajstić information content (AvgIpc) is 2.37. The van der Waals surface area contributed by atoms with Crippen molar-refractivity contribution in [2.24, 2.45) is 23.7 Å². The molecule has 1 aliphatic carbocycles. The summed E-state index contributed by atoms with van der Waals surface area (Å²) in [7, 11) is 0. The lowest BCUT2D eigenvalue weighted by Crippen LogP contribution is -2.48. The summed E-state index contributed by atoms with van der Waals surface area (Å²) in [6, 6.07) is 0.733. The molecule has 1 saturated heterocycles. The molecule has 2 aliphatic rings. The Morgan fingerprint density at radius 2 is 2.06 bits per heavy atom. The summed E-state index contributed by atoms with van der Waals surface area (Å²) >= 11 is 0. The molecule has 0 aromatic rings. The van der Waals surface area contributed by atoms with E-state index in [0.29, 0.717) is 0 Å². The van der Waals surface area contributed by atoms with E-state index in [1.165, 1.54) is 32.1 Å². The molecule has 2 rings (SSSR count). The predicted octanol–water partition coefficient (Wildman–Crippen LogP) is 3.46. The van der Waals surface area contributed by atoms with Crippen LogP contribution in [0.15, 0.2) is 0 Å². The maximum atomic E-state index is 5.62. The molecule has 0 aromatic heterocycles. The van der Waals surface area contributed by atoms with Gasteiger partial charge in [-0.05, 0) is 49.5 Å². The van der Waals surface area contributed by atoms with Crippen molar-refractivity contribution in [3.8, 4) is 0 Å². The number of ether oxygens (including phenoxy) is 1. The third-order valence-electron chi connectivity index (χ3n) is 5.09. The minimum Gasteiger partial charge on any atom is -0.381 e. The maximum Gasteiger partial charge on any atom is 0.0494 e. The van der Waals surface area contributed by atoms with E-state index in [0.717, 1.165) is 49.5 Å². The summed E-state index contributed by atoms with van der Waals surface area (Å²) in [5.74, 6) is 3.38. The van der Waals surface area contributed by atoms with Gasteiger partial charge in [-0.1, -0.05) is 33.6 Å². The van der Waals surface area contributed by atoms with Crippen LogP contribution in [0.2, 0.25) is 0 Å². The molecule has 0 radical (unpaired) electrons. The molecule has 1 heterocycles. The zero-order valence-corrected chi connectivity index (χ0v) is 12.5. The van der Waals surface area contributed by atoms with E-state index in [2.05, 4.69) is 26.1 Å². The van der Waals surface area contributed by atoms with E-state index in [1.807, 2.05) is 0 Å². The van der Waals surface area contributed by atoms with Gasteiger partial charge in [-0.15, -0.1) is 0 Å². The third kappa shape index (κ3) is 3.48. The summed E-state index contributed by atoms with van der Waals surface area (Å²) in [6.07, 6.45) is 7.00. The van der Waals surface area contributed by atoms with Gasteiger partial charge in [-0.25, -0.2) is 0 Å². The Kier molecular flexibility index (Phi) is 5.50. The normalized spacial score (nSPS) is 39.5. The van der Waals surface area contributed by atoms with Gasteiger partial charge >= 0.3 is 0 Å². The monoisotopic (exact) mass is 253 g/mol. The van der Waals surface area contributed by atoms with Crippen molar-refractivity contribution in [1.29, 1.82) is 0 Å². The van der Waals surface area contributed by atoms with Gasteiger partial charge in [-0.3, -0.25) is 0 Å². The first-order valence-electron chi connectivity index (χ1n) is 8.03. The van der Waals surface area contributed by atoms with E-state index in [1.54, 1.807) is 0 Å². The highest BCUT2D eigenvalue weighted by atomic mass is 16.5. The second-order valence-electron chi connectivity index (χ2n) is 6.62. The van der Waals surface area contributed by atoms with Crippen LogP contribution in [0.1, 0.15) is 52.9 Å². The lowest BCUT2D eigenvalue weighted by atomic mass is 9.71. The molecule has 2 nitrogen and oxygen atoms in total. The third-order valence-corrected chi connectivity index (χ3v) is 5.09. The van der Waals surface area contributed by atoms with Gasteiger partial charge < -0.3 is 10.1 Å². The fraction of sp³-hybridized carbons (Fsp3) is 1.00. The Morgan fingerprint density at radius 3 is 2.72 bits per heavy atom. The lowest BCUT2D eigenvalue weighted by molar-refractivity contribution is -0.00262. The zero-order chi connectivity index (χ0) is 13.0. The molecule has 0 spiro atoms. The van der Waals surface area contributed by atoms with Gasteiger partial charge in [-0.2, -0.15) is 0 Å². The Labute approximate surface area is 113 Å². The van der Waals surface area contributed by atoms with Gasteiger partial charge in [0.25, 0.3) is 0 Å². The highest BCUT2D eigenvalue weighted by Gasteiger charge is 2.35. The first kappa shape index (κ1) is 14.3. The van der Waals surface area contributed by atoms with Crippen molar-refractivity contribution >= 4 is 0 Å². The predicted molar refractivity (Wildman–Crippen MR) is 76.7 cm³/mol. The second-order valence-corrected chi connectivity index (χ2v) is 6.62. The van der Waals surface area contributed by atoms with Crippen LogP contribution in [0.4, 0.5) is 0 Å². The standard InChI is InChI=1S/C16H31NO/c1-4-17-16(14-7-5-6-12(2)10-14)15-8-9-18-11-13(15)3/h12-17H,4-11H2,1-3H3. The quantitative estimate of drug-likeness (QED) is 0.828. The molecule has 2 fully saturated rings. The Bertz CT molecular complexity index is 243. The van der Waals surface area contributed by atoms with Crippen LogP contribution in [-0.2, 0) is 4.74 Å². The summed E-state index contributed by atoms with van der Waals surface area (Å²) in [5.41, 5.74) is 0. The summed E-state index contributed by atoms with van der Waals surface area (Å²) in [4.78, 5) is 0. The first-order valence-corrected chi connectivity index (χ1v) is 8.03. The van der Waals surface area contributed by atoms with Gasteiger partial charge in [0.2, 0.25) is 0 Å². The summed E-state index contributed by atoms with van der Waals surface area (Å²) < 4.78 is 5.62. The van der Waals surface area contributed by atoms with Crippen LogP contribution in [0.5, 0.6) is 0 Å². The Hall–Kier alpha value is -0.0800. The molecule has 5 unspecified atom stereocenters. The summed E-state index contributed by atoms with van der Waals surface area (Å²) in [6.45, 7) is 10.1. The van der Waals surface area contributed by atoms with Crippen LogP contribution in [0.25, 0.3) is 0 Å². The molecule has 106 valence electrons. The summed E-state index contributed by atoms with van der Waals surface area (Å²) in [5, 5.41) is 3.82. The Balaban J connectivity index is 2.01. The molecule has 2 heteroatoms. The van der Waals surface area contributed by atoms with Gasteiger partial charge in [0.1, 0.15) is 0 Å². The molecule has 1 saturated carbocycles. The number of hydrogen-bond acceptors (Lipinski definition) is 2. The topological polar surface area (TPSA) is 21.3 Å². The van der Waals surface area contributed by atoms with Crippen molar-refractivity contribution in [1.82, 2.24) is 5.32 Å². The molecular formula is C16H31NO. The molecule has 1 aliphatic heterocycles. The van der Waals surface area contributed by atoms with Crippen molar-refractivity contribution in [2.45, 2.75) is 58.9 Å². The average molecular weight is 253 g/mol. The van der Waals surface area contributed by atoms with Gasteiger partial charge in [0.05, 0.1) is 0 Å². The molecular weight excluding hydrogens is 222 g/mol. The van der Waals surface area contributed by atoms with E-state index in [9.17, 15) is 0 Å². The van der Waals surface area contributed by atoms with E-state index < -0.39 is 0 Å². The zero-order valence-electron chi connectivity index (χ0n) is 12.5. The molecule has 0 amide bonds. The van der Waals surface area contributed by atoms with Crippen molar-refractivity contribution in [2.75, 3.05) is 19.8 Å². The fourth-order valence-corrected chi connectivity index (χ4v) is 4.14. The van der Waals surface area contributed by atoms with E-state index >= 15 is 0 Å². The highest BCUT2D eigenvalue weighted by molar-refractivity contribution is 4.89. The van der Waals surface area contributed by atoms with Crippen LogP contribution in [-0.4, -0.2) is 25.8 Å². The van der Waals surface area contributed by atoms with Crippen molar-refractivity contribution in [3.05, 3.63) is 0 Å². The number of hydrogen-bond donors (Lipinski definition) is 1. The smallest absolute Gasteiger partial charge is 0.0494 e. The minimum atomic E-state index is 0.722. The van der Waals surface area contributed by atoms with Crippen molar-refractivity contribution < 1.29 is 4.74 Å². The largest absolute Gasteiger partial charge is 0.381 e. The molecule has 18 heavy (non-hydrogen) atoms. The van der Waals surface area contributed by atoms with Crippen LogP contribution in [0.3, 0.4) is 0 Å². The highest BCUT2D eigenvalue weighted by Crippen LogP contribution is 2.37. The van der Waals surface area contributed by atoms with Crippen LogP contribution >= 0.6 is 0 Å². The number of nitrogens with one attached hydrogen (secondary N) is 1. The van der Waals surface area contributed by atoms with Crippen molar-refractivity contribution in [3.63, 3.8) is 0 Å². The van der Waals surface area contributed by atoms with E-state index in [4.69, 9.17) is 4.74 Å². The molecule has 1 N–H and O–H groups in total. The van der Waals surface area contributed by atoms with Gasteiger partial charge in [0.15, 0.2) is 0 Å². The Morgan fingerprint density at radius 1 is 1.22 bits per heavy atom. The first-order chi connectivity index (χ1) is 8.72. The molecule has 0 bridgehead atoms. The minimum absolute atomic E-state index is 0.722. The molecule has 0 aromatic carbocycles. The SMILES string of the molecule is CCNC(C1CCCC(C)C1)C1CCOCC1C. The second kappa shape index (κ2) is 6.91. The molecule has 5 atom stereocenters. The lowest BCUT2D eigenvalue weighted by Gasteiger charge is -2.42. The van der Waals surface area contributed by atoms with Gasteiger partial charge in [0, 0.05) is 19.3 Å². The van der Waals surface area contributed by atoms with Crippen LogP contribution in [0, 0.1) is 23.7 Å². The maximum absolute atomic E-state index is 5.62.